The molecule has 0 saturated heterocycles. The van der Waals surface area contributed by atoms with E-state index in [9.17, 15) is 9.59 Å². The van der Waals surface area contributed by atoms with E-state index in [1.807, 2.05) is 18.2 Å². The molecule has 0 radical (unpaired) electrons. The zero-order valence-electron chi connectivity index (χ0n) is 14.9. The SMILES string of the molecule is COc1ccc(Cc2nc3ccc(C(=O)NCC(N)=O)cc3o2)cc1OC. The molecule has 0 bridgehead atoms. The fraction of sp³-hybridized carbons (Fsp3) is 0.211. The highest BCUT2D eigenvalue weighted by molar-refractivity contribution is 5.98. The van der Waals surface area contributed by atoms with Crippen molar-refractivity contribution in [2.45, 2.75) is 6.42 Å². The second-order valence-corrected chi connectivity index (χ2v) is 5.81. The molecule has 1 aromatic heterocycles. The van der Waals surface area contributed by atoms with Crippen LogP contribution in [0, 0.1) is 0 Å². The van der Waals surface area contributed by atoms with E-state index in [2.05, 4.69) is 10.3 Å². The fourth-order valence-electron chi connectivity index (χ4n) is 2.62. The second-order valence-electron chi connectivity index (χ2n) is 5.81. The minimum Gasteiger partial charge on any atom is -0.493 e. The maximum Gasteiger partial charge on any atom is 0.251 e. The minimum atomic E-state index is -0.610. The van der Waals surface area contributed by atoms with Crippen LogP contribution in [0.3, 0.4) is 0 Å². The van der Waals surface area contributed by atoms with Gasteiger partial charge in [0.15, 0.2) is 23.0 Å². The van der Waals surface area contributed by atoms with E-state index in [-0.39, 0.29) is 6.54 Å². The van der Waals surface area contributed by atoms with Crippen molar-refractivity contribution in [3.63, 3.8) is 0 Å². The number of hydrogen-bond acceptors (Lipinski definition) is 6. The molecule has 0 atom stereocenters. The number of methoxy groups -OCH3 is 2. The number of carbonyl (C=O) groups is 2. The smallest absolute Gasteiger partial charge is 0.251 e. The van der Waals surface area contributed by atoms with Gasteiger partial charge < -0.3 is 24.9 Å². The molecule has 0 aliphatic rings. The summed E-state index contributed by atoms with van der Waals surface area (Å²) in [7, 11) is 3.15. The molecule has 3 rings (SSSR count). The zero-order chi connectivity index (χ0) is 19.4. The first-order valence-corrected chi connectivity index (χ1v) is 8.17. The Morgan fingerprint density at radius 1 is 1.11 bits per heavy atom. The van der Waals surface area contributed by atoms with Crippen LogP contribution >= 0.6 is 0 Å². The first-order chi connectivity index (χ1) is 13.0. The van der Waals surface area contributed by atoms with Crippen molar-refractivity contribution in [1.29, 1.82) is 0 Å². The molecular weight excluding hydrogens is 350 g/mol. The molecule has 140 valence electrons. The molecule has 0 aliphatic heterocycles. The highest BCUT2D eigenvalue weighted by atomic mass is 16.5. The Labute approximate surface area is 155 Å². The van der Waals surface area contributed by atoms with Gasteiger partial charge in [-0.2, -0.15) is 0 Å². The van der Waals surface area contributed by atoms with Crippen molar-refractivity contribution in [1.82, 2.24) is 10.3 Å². The number of amides is 2. The van der Waals surface area contributed by atoms with E-state index in [1.165, 1.54) is 0 Å². The summed E-state index contributed by atoms with van der Waals surface area (Å²) in [6.45, 7) is -0.224. The van der Waals surface area contributed by atoms with E-state index in [0.29, 0.717) is 40.5 Å². The van der Waals surface area contributed by atoms with E-state index < -0.39 is 11.8 Å². The van der Waals surface area contributed by atoms with Gasteiger partial charge >= 0.3 is 0 Å². The van der Waals surface area contributed by atoms with Gasteiger partial charge in [-0.05, 0) is 35.9 Å². The Kier molecular flexibility index (Phi) is 5.25. The molecule has 2 amide bonds. The minimum absolute atomic E-state index is 0.224. The number of aromatic nitrogens is 1. The summed E-state index contributed by atoms with van der Waals surface area (Å²) in [4.78, 5) is 27.2. The Morgan fingerprint density at radius 2 is 1.89 bits per heavy atom. The lowest BCUT2D eigenvalue weighted by Crippen LogP contribution is -2.33. The Bertz CT molecular complexity index is 996. The number of ether oxygens (including phenoxy) is 2. The number of rotatable bonds is 7. The van der Waals surface area contributed by atoms with Crippen LogP contribution in [0.4, 0.5) is 0 Å². The number of benzene rings is 2. The van der Waals surface area contributed by atoms with Gasteiger partial charge in [0.2, 0.25) is 5.91 Å². The summed E-state index contributed by atoms with van der Waals surface area (Å²) in [5.74, 6) is 0.756. The number of fused-ring (bicyclic) bond motifs is 1. The first-order valence-electron chi connectivity index (χ1n) is 8.17. The number of oxazole rings is 1. The highest BCUT2D eigenvalue weighted by Gasteiger charge is 2.13. The number of primary amides is 1. The molecule has 3 N–H and O–H groups in total. The maximum atomic E-state index is 12.0. The number of carbonyl (C=O) groups excluding carboxylic acids is 2. The van der Waals surface area contributed by atoms with Crippen LogP contribution in [0.5, 0.6) is 11.5 Å². The van der Waals surface area contributed by atoms with Gasteiger partial charge in [-0.1, -0.05) is 6.07 Å². The van der Waals surface area contributed by atoms with Gasteiger partial charge in [0, 0.05) is 12.0 Å². The van der Waals surface area contributed by atoms with Gasteiger partial charge in [0.1, 0.15) is 5.52 Å². The summed E-state index contributed by atoms with van der Waals surface area (Å²) >= 11 is 0. The molecular formula is C19H19N3O5. The van der Waals surface area contributed by atoms with Gasteiger partial charge in [0.25, 0.3) is 5.91 Å². The highest BCUT2D eigenvalue weighted by Crippen LogP contribution is 2.29. The molecule has 8 nitrogen and oxygen atoms in total. The molecule has 2 aromatic carbocycles. The predicted molar refractivity (Wildman–Crippen MR) is 97.9 cm³/mol. The number of nitrogens with two attached hydrogens (primary N) is 1. The van der Waals surface area contributed by atoms with Crippen LogP contribution in [-0.4, -0.2) is 37.6 Å². The maximum absolute atomic E-state index is 12.0. The molecule has 0 saturated carbocycles. The number of nitrogens with zero attached hydrogens (tertiary/aromatic N) is 1. The molecule has 0 unspecified atom stereocenters. The molecule has 0 spiro atoms. The summed E-state index contributed by atoms with van der Waals surface area (Å²) in [5.41, 5.74) is 7.45. The number of hydrogen-bond donors (Lipinski definition) is 2. The lowest BCUT2D eigenvalue weighted by molar-refractivity contribution is -0.117. The van der Waals surface area contributed by atoms with Gasteiger partial charge in [-0.25, -0.2) is 4.98 Å². The van der Waals surface area contributed by atoms with Crippen LogP contribution in [0.2, 0.25) is 0 Å². The van der Waals surface area contributed by atoms with E-state index in [1.54, 1.807) is 32.4 Å². The summed E-state index contributed by atoms with van der Waals surface area (Å²) in [6.07, 6.45) is 0.457. The molecule has 0 aliphatic carbocycles. The molecule has 0 fully saturated rings. The largest absolute Gasteiger partial charge is 0.493 e. The second kappa shape index (κ2) is 7.77. The third kappa shape index (κ3) is 4.17. The van der Waals surface area contributed by atoms with Crippen LogP contribution in [0.25, 0.3) is 11.1 Å². The van der Waals surface area contributed by atoms with Crippen molar-refractivity contribution in [2.24, 2.45) is 5.73 Å². The van der Waals surface area contributed by atoms with E-state index >= 15 is 0 Å². The third-order valence-corrected chi connectivity index (χ3v) is 3.92. The van der Waals surface area contributed by atoms with E-state index in [4.69, 9.17) is 19.6 Å². The third-order valence-electron chi connectivity index (χ3n) is 3.92. The lowest BCUT2D eigenvalue weighted by Gasteiger charge is -2.08. The summed E-state index contributed by atoms with van der Waals surface area (Å²) in [6, 6.07) is 10.5. The van der Waals surface area contributed by atoms with Crippen molar-refractivity contribution in [2.75, 3.05) is 20.8 Å². The van der Waals surface area contributed by atoms with Gasteiger partial charge in [0.05, 0.1) is 20.8 Å². The van der Waals surface area contributed by atoms with Crippen molar-refractivity contribution in [3.05, 3.63) is 53.4 Å². The molecule has 1 heterocycles. The predicted octanol–water partition coefficient (Wildman–Crippen LogP) is 1.65. The quantitative estimate of drug-likeness (QED) is 0.654. The van der Waals surface area contributed by atoms with Gasteiger partial charge in [-0.3, -0.25) is 9.59 Å². The zero-order valence-corrected chi connectivity index (χ0v) is 14.9. The Morgan fingerprint density at radius 3 is 2.59 bits per heavy atom. The first kappa shape index (κ1) is 18.2. The van der Waals surface area contributed by atoms with Crippen LogP contribution in [0.1, 0.15) is 21.8 Å². The normalized spacial score (nSPS) is 10.6. The van der Waals surface area contributed by atoms with Crippen molar-refractivity contribution < 1.29 is 23.5 Å². The average molecular weight is 369 g/mol. The monoisotopic (exact) mass is 369 g/mol. The summed E-state index contributed by atoms with van der Waals surface area (Å²) < 4.78 is 16.3. The topological polar surface area (TPSA) is 117 Å². The molecule has 8 heteroatoms. The standard InChI is InChI=1S/C19H19N3O5/c1-25-14-6-3-11(7-16(14)26-2)8-18-22-13-5-4-12(9-15(13)27-18)19(24)21-10-17(20)23/h3-7,9H,8,10H2,1-2H3,(H2,20,23)(H,21,24). The molecule has 3 aromatic rings. The summed E-state index contributed by atoms with van der Waals surface area (Å²) in [5, 5.41) is 2.43. The fourth-order valence-corrected chi connectivity index (χ4v) is 2.62. The average Bonchev–Trinajstić information content (AvgIpc) is 3.07. The van der Waals surface area contributed by atoms with Crippen LogP contribution in [-0.2, 0) is 11.2 Å². The lowest BCUT2D eigenvalue weighted by atomic mass is 10.1. The van der Waals surface area contributed by atoms with Crippen LogP contribution < -0.4 is 20.5 Å². The molecule has 27 heavy (non-hydrogen) atoms. The van der Waals surface area contributed by atoms with Crippen molar-refractivity contribution >= 4 is 22.9 Å². The van der Waals surface area contributed by atoms with E-state index in [0.717, 1.165) is 5.56 Å². The van der Waals surface area contributed by atoms with Crippen molar-refractivity contribution in [3.8, 4) is 11.5 Å². The van der Waals surface area contributed by atoms with Gasteiger partial charge in [-0.15, -0.1) is 0 Å². The number of nitrogens with one attached hydrogen (secondary N) is 1. The Hall–Kier alpha value is -3.55. The van der Waals surface area contributed by atoms with Crippen LogP contribution in [0.15, 0.2) is 40.8 Å². The Balaban J connectivity index is 1.80.